The third-order valence-corrected chi connectivity index (χ3v) is 4.87. The second kappa shape index (κ2) is 8.02. The number of hydrogen-bond donors (Lipinski definition) is 2. The number of anilines is 1. The molecule has 0 aliphatic heterocycles. The van der Waals surface area contributed by atoms with Crippen molar-refractivity contribution in [1.29, 1.82) is 0 Å². The van der Waals surface area contributed by atoms with Gasteiger partial charge in [0, 0.05) is 9.13 Å². The number of carbonyl (C=O) groups excluding carboxylic acids is 1. The lowest BCUT2D eigenvalue weighted by atomic mass is 10.2. The Hall–Kier alpha value is -1.26. The number of thiocarbonyl (C=S) groups is 1. The van der Waals surface area contributed by atoms with Crippen molar-refractivity contribution in [2.24, 2.45) is 0 Å². The van der Waals surface area contributed by atoms with Crippen LogP contribution in [0.4, 0.5) is 5.82 Å². The van der Waals surface area contributed by atoms with Crippen LogP contribution in [0.3, 0.4) is 0 Å². The molecule has 5 nitrogen and oxygen atoms in total. The van der Waals surface area contributed by atoms with Crippen LogP contribution in [0.5, 0.6) is 5.75 Å². The number of ether oxygens (including phenoxy) is 1. The van der Waals surface area contributed by atoms with Gasteiger partial charge in [-0.3, -0.25) is 10.1 Å². The molecule has 23 heavy (non-hydrogen) atoms. The van der Waals surface area contributed by atoms with E-state index in [1.807, 2.05) is 13.0 Å². The van der Waals surface area contributed by atoms with E-state index in [-0.39, 0.29) is 11.0 Å². The highest BCUT2D eigenvalue weighted by Gasteiger charge is 2.11. The fraction of sp³-hybridized carbons (Fsp3) is 0.133. The lowest BCUT2D eigenvalue weighted by molar-refractivity contribution is 0.0977. The number of hydrogen-bond acceptors (Lipinski definition) is 4. The van der Waals surface area contributed by atoms with Crippen LogP contribution in [-0.4, -0.2) is 23.1 Å². The number of aromatic nitrogens is 1. The van der Waals surface area contributed by atoms with Crippen LogP contribution in [0.1, 0.15) is 16.1 Å². The zero-order chi connectivity index (χ0) is 17.0. The summed E-state index contributed by atoms with van der Waals surface area (Å²) in [6.45, 7) is 1.91. The molecule has 1 aromatic carbocycles. The van der Waals surface area contributed by atoms with Gasteiger partial charge in [-0.1, -0.05) is 0 Å². The summed E-state index contributed by atoms with van der Waals surface area (Å²) in [6.07, 6.45) is 0. The van der Waals surface area contributed by atoms with Crippen LogP contribution in [-0.2, 0) is 0 Å². The van der Waals surface area contributed by atoms with Gasteiger partial charge in [-0.2, -0.15) is 0 Å². The number of aryl methyl sites for hydroxylation is 1. The lowest BCUT2D eigenvalue weighted by Crippen LogP contribution is -2.34. The number of pyridine rings is 1. The molecule has 0 atom stereocenters. The first-order valence-electron chi connectivity index (χ1n) is 6.49. The molecule has 0 saturated carbocycles. The first-order valence-corrected chi connectivity index (χ1v) is 8.77. The zero-order valence-electron chi connectivity index (χ0n) is 12.3. The Labute approximate surface area is 161 Å². The van der Waals surface area contributed by atoms with Crippen molar-refractivity contribution in [3.63, 3.8) is 0 Å². The van der Waals surface area contributed by atoms with Gasteiger partial charge in [0.2, 0.25) is 0 Å². The average Bonchev–Trinajstić information content (AvgIpc) is 2.50. The molecule has 0 aliphatic carbocycles. The number of nitrogens with one attached hydrogen (secondary N) is 2. The van der Waals surface area contributed by atoms with Gasteiger partial charge in [0.25, 0.3) is 5.91 Å². The van der Waals surface area contributed by atoms with Gasteiger partial charge >= 0.3 is 0 Å². The van der Waals surface area contributed by atoms with E-state index in [1.165, 1.54) is 0 Å². The fourth-order valence-electron chi connectivity index (χ4n) is 1.74. The van der Waals surface area contributed by atoms with E-state index in [0.717, 1.165) is 9.26 Å². The Kier molecular flexibility index (Phi) is 6.31. The number of halogens is 2. The summed E-state index contributed by atoms with van der Waals surface area (Å²) in [5.41, 5.74) is 1.36. The summed E-state index contributed by atoms with van der Waals surface area (Å²) in [7, 11) is 1.56. The van der Waals surface area contributed by atoms with Gasteiger partial charge < -0.3 is 10.1 Å². The topological polar surface area (TPSA) is 63.2 Å². The number of nitrogens with zero attached hydrogens (tertiary/aromatic N) is 1. The number of amides is 1. The summed E-state index contributed by atoms with van der Waals surface area (Å²) < 4.78 is 6.89. The monoisotopic (exact) mass is 505 g/mol. The van der Waals surface area contributed by atoms with Crippen LogP contribution in [0.15, 0.2) is 34.8 Å². The Morgan fingerprint density at radius 3 is 2.70 bits per heavy atom. The molecule has 2 N–H and O–H groups in total. The molecule has 2 aromatic rings. The number of carbonyl (C=O) groups is 1. The maximum Gasteiger partial charge on any atom is 0.257 e. The molecule has 1 heterocycles. The minimum absolute atomic E-state index is 0.190. The van der Waals surface area contributed by atoms with Crippen LogP contribution >= 0.6 is 50.7 Å². The second-order valence-electron chi connectivity index (χ2n) is 4.52. The molecule has 0 radical (unpaired) electrons. The maximum atomic E-state index is 12.2. The summed E-state index contributed by atoms with van der Waals surface area (Å²) in [5, 5.41) is 5.71. The molecule has 2 rings (SSSR count). The van der Waals surface area contributed by atoms with E-state index in [1.54, 1.807) is 31.4 Å². The lowest BCUT2D eigenvalue weighted by Gasteiger charge is -2.10. The zero-order valence-corrected chi connectivity index (χ0v) is 16.9. The fourth-order valence-corrected chi connectivity index (χ4v) is 2.78. The van der Waals surface area contributed by atoms with E-state index in [4.69, 9.17) is 17.0 Å². The highest BCUT2D eigenvalue weighted by Crippen LogP contribution is 2.25. The molecule has 0 unspecified atom stereocenters. The van der Waals surface area contributed by atoms with Crippen molar-refractivity contribution >= 4 is 67.6 Å². The summed E-state index contributed by atoms with van der Waals surface area (Å²) in [5.74, 6) is 0.929. The van der Waals surface area contributed by atoms with Gasteiger partial charge in [-0.25, -0.2) is 4.98 Å². The van der Waals surface area contributed by atoms with Gasteiger partial charge in [0.1, 0.15) is 11.6 Å². The molecular weight excluding hydrogens is 493 g/mol. The molecule has 120 valence electrons. The Morgan fingerprint density at radius 2 is 2.09 bits per heavy atom. The Bertz CT molecular complexity index is 770. The minimum Gasteiger partial charge on any atom is -0.496 e. The van der Waals surface area contributed by atoms with Crippen LogP contribution in [0.2, 0.25) is 0 Å². The van der Waals surface area contributed by atoms with Crippen molar-refractivity contribution in [3.05, 3.63) is 49.6 Å². The Morgan fingerprint density at radius 1 is 1.35 bits per heavy atom. The van der Waals surface area contributed by atoms with Gasteiger partial charge in [0.15, 0.2) is 5.11 Å². The highest BCUT2D eigenvalue weighted by atomic mass is 127. The molecular formula is C15H13BrIN3O2S. The predicted octanol–water partition coefficient (Wildman–Crippen LogP) is 3.89. The van der Waals surface area contributed by atoms with Crippen molar-refractivity contribution in [1.82, 2.24) is 10.3 Å². The normalized spacial score (nSPS) is 10.1. The first-order chi connectivity index (χ1) is 10.9. The SMILES string of the molecule is COc1ccc(C(=O)NC(=S)Nc2ccc(I)c(C)n2)cc1Br. The maximum absolute atomic E-state index is 12.2. The van der Waals surface area contributed by atoms with Crippen molar-refractivity contribution in [2.45, 2.75) is 6.92 Å². The van der Waals surface area contributed by atoms with Crippen molar-refractivity contribution in [3.8, 4) is 5.75 Å². The second-order valence-corrected chi connectivity index (χ2v) is 6.95. The van der Waals surface area contributed by atoms with Gasteiger partial charge in [-0.15, -0.1) is 0 Å². The average molecular weight is 506 g/mol. The van der Waals surface area contributed by atoms with Crippen LogP contribution < -0.4 is 15.4 Å². The molecule has 0 fully saturated rings. The smallest absolute Gasteiger partial charge is 0.257 e. The minimum atomic E-state index is -0.312. The third kappa shape index (κ3) is 4.85. The first kappa shape index (κ1) is 18.1. The van der Waals surface area contributed by atoms with Gasteiger partial charge in [-0.05, 0) is 88.0 Å². The van der Waals surface area contributed by atoms with Crippen molar-refractivity contribution in [2.75, 3.05) is 12.4 Å². The molecule has 0 bridgehead atoms. The van der Waals surface area contributed by atoms with E-state index in [9.17, 15) is 4.79 Å². The van der Waals surface area contributed by atoms with Gasteiger partial charge in [0.05, 0.1) is 17.3 Å². The van der Waals surface area contributed by atoms with E-state index < -0.39 is 0 Å². The summed E-state index contributed by atoms with van der Waals surface area (Å²) in [6, 6.07) is 8.77. The molecule has 1 amide bonds. The Balaban J connectivity index is 2.03. The highest BCUT2D eigenvalue weighted by molar-refractivity contribution is 14.1. The van der Waals surface area contributed by atoms with E-state index in [0.29, 0.717) is 21.6 Å². The predicted molar refractivity (Wildman–Crippen MR) is 106 cm³/mol. The molecule has 0 saturated heterocycles. The largest absolute Gasteiger partial charge is 0.496 e. The van der Waals surface area contributed by atoms with E-state index >= 15 is 0 Å². The molecule has 0 spiro atoms. The number of methoxy groups -OCH3 is 1. The molecule has 0 aliphatic rings. The van der Waals surface area contributed by atoms with Crippen LogP contribution in [0, 0.1) is 10.5 Å². The van der Waals surface area contributed by atoms with E-state index in [2.05, 4.69) is 54.1 Å². The summed E-state index contributed by atoms with van der Waals surface area (Å²) in [4.78, 5) is 16.5. The van der Waals surface area contributed by atoms with Crippen LogP contribution in [0.25, 0.3) is 0 Å². The van der Waals surface area contributed by atoms with Crippen molar-refractivity contribution < 1.29 is 9.53 Å². The number of rotatable bonds is 3. The number of benzene rings is 1. The molecule has 8 heteroatoms. The summed E-state index contributed by atoms with van der Waals surface area (Å²) >= 11 is 10.7. The quantitative estimate of drug-likeness (QED) is 0.489. The standard InChI is InChI=1S/C15H13BrIN3O2S/c1-8-11(17)4-6-13(18-8)19-15(23)20-14(21)9-3-5-12(22-2)10(16)7-9/h3-7H,1-2H3,(H2,18,19,20,21,23). The molecule has 1 aromatic heterocycles. The third-order valence-electron chi connectivity index (χ3n) is 2.90.